The van der Waals surface area contributed by atoms with Crippen LogP contribution in [-0.2, 0) is 4.74 Å². The van der Waals surface area contributed by atoms with Crippen molar-refractivity contribution in [3.63, 3.8) is 0 Å². The first-order valence-electron chi connectivity index (χ1n) is 5.04. The Morgan fingerprint density at radius 2 is 2.24 bits per heavy atom. The van der Waals surface area contributed by atoms with E-state index in [1.165, 1.54) is 24.4 Å². The Kier molecular flexibility index (Phi) is 3.24. The van der Waals surface area contributed by atoms with Gasteiger partial charge in [-0.25, -0.2) is 14.2 Å². The minimum absolute atomic E-state index is 0.160. The first-order chi connectivity index (χ1) is 8.13. The highest BCUT2D eigenvalue weighted by atomic mass is 35.5. The van der Waals surface area contributed by atoms with Gasteiger partial charge in [-0.05, 0) is 19.1 Å². The lowest BCUT2D eigenvalue weighted by molar-refractivity contribution is 0.0528. The Balaban J connectivity index is 2.66. The van der Waals surface area contributed by atoms with E-state index < -0.39 is 11.8 Å². The summed E-state index contributed by atoms with van der Waals surface area (Å²) < 4.78 is 18.0. The highest BCUT2D eigenvalue weighted by molar-refractivity contribution is 6.34. The summed E-state index contributed by atoms with van der Waals surface area (Å²) in [6.07, 6.45) is 1.33. The SMILES string of the molecule is CCOC(=O)c1cnc(Cl)c2cc(F)ccc12. The summed E-state index contributed by atoms with van der Waals surface area (Å²) in [6.45, 7) is 1.98. The van der Waals surface area contributed by atoms with Crippen molar-refractivity contribution in [3.05, 3.63) is 40.9 Å². The fourth-order valence-corrected chi connectivity index (χ4v) is 1.76. The predicted molar refractivity (Wildman–Crippen MR) is 62.7 cm³/mol. The van der Waals surface area contributed by atoms with Gasteiger partial charge in [0.05, 0.1) is 12.2 Å². The Morgan fingerprint density at radius 3 is 2.94 bits per heavy atom. The van der Waals surface area contributed by atoms with E-state index in [9.17, 15) is 9.18 Å². The van der Waals surface area contributed by atoms with Gasteiger partial charge in [0.15, 0.2) is 0 Å². The average Bonchev–Trinajstić information content (AvgIpc) is 2.30. The zero-order valence-electron chi connectivity index (χ0n) is 9.04. The molecule has 0 bridgehead atoms. The molecule has 2 aromatic rings. The molecule has 0 fully saturated rings. The van der Waals surface area contributed by atoms with Crippen LogP contribution in [0.25, 0.3) is 10.8 Å². The molecule has 5 heteroatoms. The quantitative estimate of drug-likeness (QED) is 0.609. The van der Waals surface area contributed by atoms with Gasteiger partial charge in [0.1, 0.15) is 11.0 Å². The van der Waals surface area contributed by atoms with Crippen LogP contribution in [0.5, 0.6) is 0 Å². The molecule has 0 atom stereocenters. The molecule has 0 aliphatic heterocycles. The van der Waals surface area contributed by atoms with Gasteiger partial charge in [-0.15, -0.1) is 0 Å². The second-order valence-corrected chi connectivity index (χ2v) is 3.73. The molecular formula is C12H9ClFNO2. The van der Waals surface area contributed by atoms with Crippen LogP contribution in [0.1, 0.15) is 17.3 Å². The van der Waals surface area contributed by atoms with Crippen molar-refractivity contribution in [1.29, 1.82) is 0 Å². The summed E-state index contributed by atoms with van der Waals surface area (Å²) >= 11 is 5.85. The summed E-state index contributed by atoms with van der Waals surface area (Å²) in [5, 5.41) is 1.09. The Morgan fingerprint density at radius 1 is 1.47 bits per heavy atom. The molecule has 0 aliphatic rings. The summed E-state index contributed by atoms with van der Waals surface area (Å²) in [4.78, 5) is 15.5. The van der Waals surface area contributed by atoms with Gasteiger partial charge in [0.2, 0.25) is 0 Å². The van der Waals surface area contributed by atoms with Crippen LogP contribution in [0.15, 0.2) is 24.4 Å². The van der Waals surface area contributed by atoms with E-state index in [2.05, 4.69) is 4.98 Å². The first-order valence-corrected chi connectivity index (χ1v) is 5.42. The lowest BCUT2D eigenvalue weighted by Crippen LogP contribution is -2.06. The van der Waals surface area contributed by atoms with Gasteiger partial charge < -0.3 is 4.74 Å². The molecular weight excluding hydrogens is 245 g/mol. The lowest BCUT2D eigenvalue weighted by atomic mass is 10.1. The number of ether oxygens (including phenoxy) is 1. The predicted octanol–water partition coefficient (Wildman–Crippen LogP) is 3.20. The number of esters is 1. The molecule has 1 aromatic heterocycles. The molecule has 1 aromatic carbocycles. The van der Waals surface area contributed by atoms with E-state index >= 15 is 0 Å². The smallest absolute Gasteiger partial charge is 0.340 e. The monoisotopic (exact) mass is 253 g/mol. The minimum atomic E-state index is -0.492. The molecule has 88 valence electrons. The number of benzene rings is 1. The van der Waals surface area contributed by atoms with Crippen molar-refractivity contribution < 1.29 is 13.9 Å². The Bertz CT molecular complexity index is 586. The summed E-state index contributed by atoms with van der Waals surface area (Å²) in [7, 11) is 0. The number of fused-ring (bicyclic) bond motifs is 1. The largest absolute Gasteiger partial charge is 0.462 e. The van der Waals surface area contributed by atoms with E-state index in [1.54, 1.807) is 6.92 Å². The molecule has 1 heterocycles. The molecule has 0 saturated carbocycles. The van der Waals surface area contributed by atoms with Crippen LogP contribution in [-0.4, -0.2) is 17.6 Å². The van der Waals surface area contributed by atoms with Crippen LogP contribution < -0.4 is 0 Å². The van der Waals surface area contributed by atoms with Crippen molar-refractivity contribution in [2.24, 2.45) is 0 Å². The molecule has 2 rings (SSSR count). The average molecular weight is 254 g/mol. The van der Waals surface area contributed by atoms with E-state index in [-0.39, 0.29) is 17.3 Å². The summed E-state index contributed by atoms with van der Waals surface area (Å²) in [5.41, 5.74) is 0.284. The topological polar surface area (TPSA) is 39.2 Å². The van der Waals surface area contributed by atoms with Crippen molar-refractivity contribution in [2.75, 3.05) is 6.61 Å². The van der Waals surface area contributed by atoms with Gasteiger partial charge >= 0.3 is 5.97 Å². The number of carbonyl (C=O) groups excluding carboxylic acids is 1. The molecule has 0 spiro atoms. The maximum absolute atomic E-state index is 13.1. The maximum atomic E-state index is 13.1. The minimum Gasteiger partial charge on any atom is -0.462 e. The standard InChI is InChI=1S/C12H9ClFNO2/c1-2-17-12(16)10-6-15-11(13)9-5-7(14)3-4-8(9)10/h3-6H,2H2,1H3. The molecule has 0 radical (unpaired) electrons. The van der Waals surface area contributed by atoms with E-state index in [0.29, 0.717) is 10.8 Å². The number of rotatable bonds is 2. The molecule has 0 saturated heterocycles. The fourth-order valence-electron chi connectivity index (χ4n) is 1.55. The zero-order chi connectivity index (χ0) is 12.4. The molecule has 0 unspecified atom stereocenters. The van der Waals surface area contributed by atoms with Crippen molar-refractivity contribution in [2.45, 2.75) is 6.92 Å². The third-order valence-corrected chi connectivity index (χ3v) is 2.60. The van der Waals surface area contributed by atoms with Crippen molar-refractivity contribution >= 4 is 28.3 Å². The van der Waals surface area contributed by atoms with Gasteiger partial charge in [0, 0.05) is 17.0 Å². The van der Waals surface area contributed by atoms with Gasteiger partial charge in [-0.3, -0.25) is 0 Å². The van der Waals surface area contributed by atoms with Crippen LogP contribution in [0.3, 0.4) is 0 Å². The summed E-state index contributed by atoms with van der Waals surface area (Å²) in [5.74, 6) is -0.921. The van der Waals surface area contributed by atoms with Gasteiger partial charge in [-0.2, -0.15) is 0 Å². The lowest BCUT2D eigenvalue weighted by Gasteiger charge is -2.06. The number of hydrogen-bond acceptors (Lipinski definition) is 3. The van der Waals surface area contributed by atoms with E-state index in [1.807, 2.05) is 0 Å². The van der Waals surface area contributed by atoms with E-state index in [0.717, 1.165) is 0 Å². The van der Waals surface area contributed by atoms with Crippen LogP contribution >= 0.6 is 11.6 Å². The number of halogens is 2. The molecule has 17 heavy (non-hydrogen) atoms. The van der Waals surface area contributed by atoms with Gasteiger partial charge in [0.25, 0.3) is 0 Å². The number of pyridine rings is 1. The fraction of sp³-hybridized carbons (Fsp3) is 0.167. The number of aromatic nitrogens is 1. The Hall–Kier alpha value is -1.68. The number of carbonyl (C=O) groups is 1. The highest BCUT2D eigenvalue weighted by Gasteiger charge is 2.14. The maximum Gasteiger partial charge on any atom is 0.340 e. The molecule has 0 N–H and O–H groups in total. The second kappa shape index (κ2) is 4.67. The van der Waals surface area contributed by atoms with Crippen LogP contribution in [0.4, 0.5) is 4.39 Å². The van der Waals surface area contributed by atoms with Crippen molar-refractivity contribution in [3.8, 4) is 0 Å². The second-order valence-electron chi connectivity index (χ2n) is 3.37. The molecule has 3 nitrogen and oxygen atoms in total. The van der Waals surface area contributed by atoms with E-state index in [4.69, 9.17) is 16.3 Å². The first kappa shape index (κ1) is 11.8. The molecule has 0 aliphatic carbocycles. The Labute approximate surface area is 102 Å². The summed E-state index contributed by atoms with van der Waals surface area (Å²) in [6, 6.07) is 4.00. The van der Waals surface area contributed by atoms with Gasteiger partial charge in [-0.1, -0.05) is 17.7 Å². The van der Waals surface area contributed by atoms with Crippen LogP contribution in [0.2, 0.25) is 5.15 Å². The number of hydrogen-bond donors (Lipinski definition) is 0. The third kappa shape index (κ3) is 2.22. The third-order valence-electron chi connectivity index (χ3n) is 2.30. The molecule has 0 amide bonds. The number of nitrogens with zero attached hydrogens (tertiary/aromatic N) is 1. The van der Waals surface area contributed by atoms with Crippen molar-refractivity contribution in [1.82, 2.24) is 4.98 Å². The van der Waals surface area contributed by atoms with Crippen LogP contribution in [0, 0.1) is 5.82 Å². The normalized spacial score (nSPS) is 10.5. The highest BCUT2D eigenvalue weighted by Crippen LogP contribution is 2.25. The zero-order valence-corrected chi connectivity index (χ0v) is 9.79.